The normalized spacial score (nSPS) is 48.3. The molecule has 0 aromatic rings. The molecule has 3 saturated carbocycles. The third-order valence-corrected chi connectivity index (χ3v) is 11.9. The van der Waals surface area contributed by atoms with Gasteiger partial charge in [0.15, 0.2) is 11.6 Å². The van der Waals surface area contributed by atoms with Gasteiger partial charge in [-0.15, -0.1) is 0 Å². The fourth-order valence-electron chi connectivity index (χ4n) is 9.63. The molecule has 8 atom stereocenters. The van der Waals surface area contributed by atoms with E-state index in [1.807, 2.05) is 19.1 Å². The van der Waals surface area contributed by atoms with Crippen LogP contribution in [0.1, 0.15) is 86.5 Å². The Morgan fingerprint density at radius 3 is 2.31 bits per heavy atom. The highest BCUT2D eigenvalue weighted by Gasteiger charge is 2.70. The van der Waals surface area contributed by atoms with Crippen molar-refractivity contribution >= 4 is 17.5 Å². The molecule has 5 aliphatic carbocycles. The van der Waals surface area contributed by atoms with Gasteiger partial charge in [-0.1, -0.05) is 53.2 Å². The van der Waals surface area contributed by atoms with E-state index in [1.54, 1.807) is 0 Å². The molecule has 3 fully saturated rings. The predicted molar refractivity (Wildman–Crippen MR) is 132 cm³/mol. The van der Waals surface area contributed by atoms with Crippen LogP contribution in [0.25, 0.3) is 0 Å². The summed E-state index contributed by atoms with van der Waals surface area (Å²) in [6.07, 6.45) is 9.03. The molecule has 0 saturated heterocycles. The summed E-state index contributed by atoms with van der Waals surface area (Å²) in [5.41, 5.74) is -0.705. The maximum Gasteiger partial charge on any atom is 0.309 e. The molecule has 188 valence electrons. The van der Waals surface area contributed by atoms with Gasteiger partial charge >= 0.3 is 5.97 Å². The SMILES string of the molecule is C[C@@H]1C(=O)C(C#N)=C[C@]2(C)C3=CC(=O)C4[C@H]5CC(C)(C)CC[C@]5(C(=O)O)CC[C@@]4(C)[C@]3(C)CC[C@@H]12. The van der Waals surface area contributed by atoms with Crippen LogP contribution in [-0.4, -0.2) is 22.6 Å². The number of nitriles is 1. The largest absolute Gasteiger partial charge is 0.481 e. The van der Waals surface area contributed by atoms with Gasteiger partial charge < -0.3 is 5.11 Å². The van der Waals surface area contributed by atoms with Crippen molar-refractivity contribution in [2.45, 2.75) is 86.5 Å². The molecular formula is C30H39NO4. The van der Waals surface area contributed by atoms with Crippen molar-refractivity contribution in [3.63, 3.8) is 0 Å². The van der Waals surface area contributed by atoms with E-state index >= 15 is 0 Å². The van der Waals surface area contributed by atoms with Gasteiger partial charge in [-0.3, -0.25) is 14.4 Å². The Labute approximate surface area is 209 Å². The van der Waals surface area contributed by atoms with E-state index in [0.29, 0.717) is 19.3 Å². The summed E-state index contributed by atoms with van der Waals surface area (Å²) in [4.78, 5) is 39.7. The fourth-order valence-corrected chi connectivity index (χ4v) is 9.63. The van der Waals surface area contributed by atoms with Crippen molar-refractivity contribution in [2.75, 3.05) is 0 Å². The molecular weight excluding hydrogens is 438 g/mol. The first-order chi connectivity index (χ1) is 16.2. The number of rotatable bonds is 1. The average molecular weight is 478 g/mol. The first-order valence-electron chi connectivity index (χ1n) is 13.3. The van der Waals surface area contributed by atoms with Crippen molar-refractivity contribution in [2.24, 2.45) is 50.7 Å². The monoisotopic (exact) mass is 477 g/mol. The van der Waals surface area contributed by atoms with Crippen LogP contribution in [0.2, 0.25) is 0 Å². The minimum atomic E-state index is -0.822. The maximum atomic E-state index is 14.2. The Morgan fingerprint density at radius 1 is 1.03 bits per heavy atom. The van der Waals surface area contributed by atoms with Crippen LogP contribution in [0.4, 0.5) is 0 Å². The number of carboxylic acids is 1. The Bertz CT molecular complexity index is 1140. The Hall–Kier alpha value is -2.22. The first-order valence-corrected chi connectivity index (χ1v) is 13.3. The van der Waals surface area contributed by atoms with Crippen molar-refractivity contribution in [1.29, 1.82) is 5.26 Å². The number of hydrogen-bond donors (Lipinski definition) is 1. The Kier molecular flexibility index (Phi) is 5.02. The van der Waals surface area contributed by atoms with Gasteiger partial charge in [-0.25, -0.2) is 0 Å². The number of Topliss-reactive ketones (excluding diaryl/α,β-unsaturated/α-hetero) is 1. The summed E-state index contributed by atoms with van der Waals surface area (Å²) >= 11 is 0. The van der Waals surface area contributed by atoms with Crippen molar-refractivity contribution in [3.8, 4) is 6.07 Å². The molecule has 35 heavy (non-hydrogen) atoms. The molecule has 1 unspecified atom stereocenters. The molecule has 0 aromatic heterocycles. The summed E-state index contributed by atoms with van der Waals surface area (Å²) in [6, 6.07) is 2.13. The van der Waals surface area contributed by atoms with Crippen LogP contribution in [0.5, 0.6) is 0 Å². The summed E-state index contributed by atoms with van der Waals surface area (Å²) in [5, 5.41) is 20.2. The van der Waals surface area contributed by atoms with Crippen molar-refractivity contribution in [1.82, 2.24) is 0 Å². The molecule has 0 heterocycles. The van der Waals surface area contributed by atoms with Crippen LogP contribution < -0.4 is 0 Å². The molecule has 0 radical (unpaired) electrons. The number of carboxylic acid groups (broad SMARTS) is 1. The molecule has 0 amide bonds. The van der Waals surface area contributed by atoms with Crippen LogP contribution in [0.15, 0.2) is 23.3 Å². The lowest BCUT2D eigenvalue weighted by Gasteiger charge is -2.68. The third-order valence-electron chi connectivity index (χ3n) is 11.9. The van der Waals surface area contributed by atoms with Gasteiger partial charge in [0, 0.05) is 17.3 Å². The second-order valence-corrected chi connectivity index (χ2v) is 13.9. The summed E-state index contributed by atoms with van der Waals surface area (Å²) in [7, 11) is 0. The van der Waals surface area contributed by atoms with E-state index in [-0.39, 0.29) is 57.1 Å². The number of carbonyl (C=O) groups excluding carboxylic acids is 2. The van der Waals surface area contributed by atoms with Gasteiger partial charge in [0.1, 0.15) is 6.07 Å². The third kappa shape index (κ3) is 2.89. The van der Waals surface area contributed by atoms with E-state index in [1.165, 1.54) is 0 Å². The fraction of sp³-hybridized carbons (Fsp3) is 0.733. The van der Waals surface area contributed by atoms with Crippen molar-refractivity contribution in [3.05, 3.63) is 23.3 Å². The molecule has 0 spiro atoms. The smallest absolute Gasteiger partial charge is 0.309 e. The van der Waals surface area contributed by atoms with E-state index in [0.717, 1.165) is 31.3 Å². The lowest BCUT2D eigenvalue weighted by Crippen LogP contribution is -2.65. The summed E-state index contributed by atoms with van der Waals surface area (Å²) < 4.78 is 0. The van der Waals surface area contributed by atoms with Gasteiger partial charge in [0.2, 0.25) is 0 Å². The number of carbonyl (C=O) groups is 3. The summed E-state index contributed by atoms with van der Waals surface area (Å²) in [6.45, 7) is 13.0. The van der Waals surface area contributed by atoms with E-state index in [9.17, 15) is 24.8 Å². The van der Waals surface area contributed by atoms with E-state index < -0.39 is 16.8 Å². The van der Waals surface area contributed by atoms with E-state index in [2.05, 4.69) is 40.7 Å². The van der Waals surface area contributed by atoms with Crippen LogP contribution in [0, 0.1) is 62.1 Å². The topological polar surface area (TPSA) is 95.2 Å². The number of aliphatic carboxylic acids is 1. The molecule has 1 N–H and O–H groups in total. The highest BCUT2D eigenvalue weighted by atomic mass is 16.4. The quantitative estimate of drug-likeness (QED) is 0.507. The number of hydrogen-bond acceptors (Lipinski definition) is 4. The zero-order chi connectivity index (χ0) is 25.8. The Morgan fingerprint density at radius 2 is 1.69 bits per heavy atom. The molecule has 0 aliphatic heterocycles. The number of nitrogens with zero attached hydrogens (tertiary/aromatic N) is 1. The number of allylic oxidation sites excluding steroid dienone is 4. The molecule has 0 bridgehead atoms. The van der Waals surface area contributed by atoms with Gasteiger partial charge in [-0.05, 0) is 79.1 Å². The van der Waals surface area contributed by atoms with Crippen LogP contribution in [-0.2, 0) is 14.4 Å². The van der Waals surface area contributed by atoms with Gasteiger partial charge in [-0.2, -0.15) is 5.26 Å². The minimum absolute atomic E-state index is 0.0142. The highest BCUT2D eigenvalue weighted by molar-refractivity contribution is 6.02. The lowest BCUT2D eigenvalue weighted by molar-refractivity contribution is -0.188. The molecule has 5 nitrogen and oxygen atoms in total. The lowest BCUT2D eigenvalue weighted by atomic mass is 9.35. The first kappa shape index (κ1) is 24.5. The summed E-state index contributed by atoms with van der Waals surface area (Å²) in [5.74, 6) is -1.43. The maximum absolute atomic E-state index is 14.2. The number of ketones is 2. The van der Waals surface area contributed by atoms with Crippen molar-refractivity contribution < 1.29 is 19.5 Å². The molecule has 5 heteroatoms. The van der Waals surface area contributed by atoms with Gasteiger partial charge in [0.25, 0.3) is 0 Å². The predicted octanol–water partition coefficient (Wildman–Crippen LogP) is 5.90. The minimum Gasteiger partial charge on any atom is -0.481 e. The average Bonchev–Trinajstić information content (AvgIpc) is 2.77. The zero-order valence-corrected chi connectivity index (χ0v) is 22.0. The second kappa shape index (κ2) is 7.17. The second-order valence-electron chi connectivity index (χ2n) is 13.9. The molecule has 5 rings (SSSR count). The zero-order valence-electron chi connectivity index (χ0n) is 22.0. The highest BCUT2D eigenvalue weighted by Crippen LogP contribution is 2.73. The van der Waals surface area contributed by atoms with E-state index in [4.69, 9.17) is 0 Å². The van der Waals surface area contributed by atoms with Crippen LogP contribution >= 0.6 is 0 Å². The van der Waals surface area contributed by atoms with Gasteiger partial charge in [0.05, 0.1) is 11.0 Å². The number of fused-ring (bicyclic) bond motifs is 7. The molecule has 0 aromatic carbocycles. The Balaban J connectivity index is 1.70. The molecule has 5 aliphatic rings. The standard InChI is InChI=1S/C30H39NO4/c1-17-19-7-8-28(5)22(27(19,4)14-18(16-31)24(17)33)13-21(32)23-20-15-26(2,3)9-11-30(20,25(34)35)12-10-29(23,28)6/h13-14,17,19-20,23H,7-12,15H2,1-6H3,(H,34,35)/t17-,19-,20+,23?,27-,28+,29+,30-/m0/s1. The van der Waals surface area contributed by atoms with Crippen LogP contribution in [0.3, 0.4) is 0 Å².